The lowest BCUT2D eigenvalue weighted by molar-refractivity contribution is -0.175. The first-order chi connectivity index (χ1) is 20.0. The van der Waals surface area contributed by atoms with Crippen LogP contribution in [0.4, 0.5) is 27.6 Å². The van der Waals surface area contributed by atoms with Crippen molar-refractivity contribution in [3.63, 3.8) is 0 Å². The number of nitrogens with one attached hydrogen (secondary N) is 3. The maximum absolute atomic E-state index is 14.2. The second-order valence-electron chi connectivity index (χ2n) is 11.7. The Bertz CT molecular complexity index is 1520. The van der Waals surface area contributed by atoms with Crippen LogP contribution in [-0.4, -0.2) is 59.4 Å². The molecule has 3 N–H and O–H groups in total. The van der Waals surface area contributed by atoms with Crippen LogP contribution in [0.15, 0.2) is 42.5 Å². The Balaban J connectivity index is 1.69. The summed E-state index contributed by atoms with van der Waals surface area (Å²) in [4.78, 5) is 53.3. The Morgan fingerprint density at radius 1 is 1.09 bits per heavy atom. The number of nitrogens with zero attached hydrogens (tertiary/aromatic N) is 2. The lowest BCUT2D eigenvalue weighted by Gasteiger charge is -2.33. The Kier molecular flexibility index (Phi) is 8.23. The van der Waals surface area contributed by atoms with Crippen molar-refractivity contribution in [3.05, 3.63) is 65.2 Å². The predicted octanol–water partition coefficient (Wildman–Crippen LogP) is 3.10. The van der Waals surface area contributed by atoms with Gasteiger partial charge in [0.25, 0.3) is 0 Å². The minimum atomic E-state index is -5.29. The van der Waals surface area contributed by atoms with Crippen LogP contribution in [-0.2, 0) is 31.0 Å². The van der Waals surface area contributed by atoms with Gasteiger partial charge in [0.1, 0.15) is 29.8 Å². The summed E-state index contributed by atoms with van der Waals surface area (Å²) in [6.45, 7) is 3.85. The number of carbonyl (C=O) groups excluding carboxylic acids is 4. The summed E-state index contributed by atoms with van der Waals surface area (Å²) < 4.78 is 67.3. The molecule has 2 aromatic carbocycles. The van der Waals surface area contributed by atoms with Crippen molar-refractivity contribution < 1.29 is 41.1 Å². The van der Waals surface area contributed by atoms with Gasteiger partial charge in [-0.15, -0.1) is 0 Å². The summed E-state index contributed by atoms with van der Waals surface area (Å²) in [7, 11) is 0. The maximum atomic E-state index is 14.2. The Morgan fingerprint density at radius 2 is 1.77 bits per heavy atom. The van der Waals surface area contributed by atoms with Crippen LogP contribution in [0.1, 0.15) is 38.3 Å². The molecule has 4 atom stereocenters. The number of likely N-dealkylation sites (tertiary alicyclic amines) is 1. The van der Waals surface area contributed by atoms with Gasteiger partial charge in [0.05, 0.1) is 11.5 Å². The molecule has 2 aliphatic heterocycles. The van der Waals surface area contributed by atoms with Gasteiger partial charge in [0.15, 0.2) is 0 Å². The standard InChI is InChI=1S/C29H28F5N5O4/c1-27(2,3)22(38-26(43)29(32,33)34)23(40)36-21(10-15-5-4-6-16(30)9-15)24(41)39-14-28(12-18(39)13-35)19-11-17(31)7-8-20(19)37-25(28)42/h4-9,11,18,21-22H,10,12,14H2,1-3H3,(H,36,40)(H,37,42)(H,38,43)/t18-,21-,22+,28-/m0/s1. The first kappa shape index (κ1) is 31.4. The maximum Gasteiger partial charge on any atom is 0.471 e. The quantitative estimate of drug-likeness (QED) is 0.436. The summed E-state index contributed by atoms with van der Waals surface area (Å²) >= 11 is 0. The molecule has 4 rings (SSSR count). The van der Waals surface area contributed by atoms with Crippen LogP contribution in [0.5, 0.6) is 0 Å². The molecule has 228 valence electrons. The molecule has 0 aliphatic carbocycles. The van der Waals surface area contributed by atoms with E-state index in [1.807, 2.05) is 6.07 Å². The number of nitriles is 1. The molecule has 2 aromatic rings. The largest absolute Gasteiger partial charge is 0.471 e. The van der Waals surface area contributed by atoms with E-state index in [-0.39, 0.29) is 30.5 Å². The van der Waals surface area contributed by atoms with Crippen molar-refractivity contribution in [2.24, 2.45) is 5.41 Å². The zero-order chi connectivity index (χ0) is 31.9. The molecule has 1 fully saturated rings. The fourth-order valence-electron chi connectivity index (χ4n) is 5.44. The third kappa shape index (κ3) is 6.30. The third-order valence-corrected chi connectivity index (χ3v) is 7.57. The first-order valence-corrected chi connectivity index (χ1v) is 13.2. The van der Waals surface area contributed by atoms with Gasteiger partial charge in [-0.3, -0.25) is 19.2 Å². The summed E-state index contributed by atoms with van der Waals surface area (Å²) in [5.41, 5.74) is -1.93. The van der Waals surface area contributed by atoms with Crippen LogP contribution in [0.2, 0.25) is 0 Å². The number of halogens is 5. The van der Waals surface area contributed by atoms with Crippen LogP contribution in [0.3, 0.4) is 0 Å². The van der Waals surface area contributed by atoms with E-state index in [0.717, 1.165) is 29.2 Å². The smallest absolute Gasteiger partial charge is 0.342 e. The average Bonchev–Trinajstić information content (AvgIpc) is 3.43. The van der Waals surface area contributed by atoms with Crippen molar-refractivity contribution in [2.75, 3.05) is 11.9 Å². The summed E-state index contributed by atoms with van der Waals surface area (Å²) in [5, 5.41) is 16.6. The van der Waals surface area contributed by atoms with E-state index in [1.54, 1.807) is 5.32 Å². The summed E-state index contributed by atoms with van der Waals surface area (Å²) in [5.74, 6) is -6.23. The summed E-state index contributed by atoms with van der Waals surface area (Å²) in [6, 6.07) is 6.14. The lowest BCUT2D eigenvalue weighted by atomic mass is 9.79. The van der Waals surface area contributed by atoms with Gasteiger partial charge in [-0.1, -0.05) is 32.9 Å². The number of benzene rings is 2. The number of fused-ring (bicyclic) bond motifs is 2. The van der Waals surface area contributed by atoms with Crippen molar-refractivity contribution in [3.8, 4) is 6.07 Å². The number of hydrogen-bond donors (Lipinski definition) is 3. The molecule has 14 heteroatoms. The average molecular weight is 606 g/mol. The Hall–Kier alpha value is -4.54. The first-order valence-electron chi connectivity index (χ1n) is 13.2. The van der Waals surface area contributed by atoms with Crippen LogP contribution >= 0.6 is 0 Å². The van der Waals surface area contributed by atoms with Gasteiger partial charge in [-0.25, -0.2) is 8.78 Å². The minimum absolute atomic E-state index is 0.190. The van der Waals surface area contributed by atoms with Gasteiger partial charge < -0.3 is 20.9 Å². The molecule has 0 bridgehead atoms. The van der Waals surface area contributed by atoms with Gasteiger partial charge in [-0.2, -0.15) is 18.4 Å². The van der Waals surface area contributed by atoms with E-state index in [0.29, 0.717) is 5.69 Å². The number of alkyl halides is 3. The lowest BCUT2D eigenvalue weighted by Crippen LogP contribution is -2.60. The van der Waals surface area contributed by atoms with Gasteiger partial charge in [-0.05, 0) is 46.9 Å². The van der Waals surface area contributed by atoms with Crippen LogP contribution < -0.4 is 16.0 Å². The molecule has 0 radical (unpaired) electrons. The molecule has 4 amide bonds. The van der Waals surface area contributed by atoms with Gasteiger partial charge in [0.2, 0.25) is 17.7 Å². The van der Waals surface area contributed by atoms with E-state index < -0.39 is 70.4 Å². The highest BCUT2D eigenvalue weighted by Crippen LogP contribution is 2.46. The van der Waals surface area contributed by atoms with E-state index in [4.69, 9.17) is 0 Å². The molecule has 2 heterocycles. The SMILES string of the molecule is CC(C)(C)[C@H](NC(=O)C(F)(F)F)C(=O)N[C@@H](Cc1cccc(F)c1)C(=O)N1C[C@]2(C[C@H]1C#N)C(=O)Nc1ccc(F)cc12. The highest BCUT2D eigenvalue weighted by molar-refractivity contribution is 6.07. The molecule has 1 saturated heterocycles. The monoisotopic (exact) mass is 605 g/mol. The second kappa shape index (κ2) is 11.3. The predicted molar refractivity (Wildman–Crippen MR) is 142 cm³/mol. The molecular formula is C29H28F5N5O4. The molecule has 0 aromatic heterocycles. The molecule has 9 nitrogen and oxygen atoms in total. The van der Waals surface area contributed by atoms with Gasteiger partial charge >= 0.3 is 12.1 Å². The van der Waals surface area contributed by atoms with Gasteiger partial charge in [0, 0.05) is 25.1 Å². The van der Waals surface area contributed by atoms with E-state index in [2.05, 4.69) is 10.6 Å². The van der Waals surface area contributed by atoms with Crippen LogP contribution in [0.25, 0.3) is 0 Å². The van der Waals surface area contributed by atoms with E-state index >= 15 is 0 Å². The Morgan fingerprint density at radius 3 is 2.37 bits per heavy atom. The highest BCUT2D eigenvalue weighted by Gasteiger charge is 2.57. The topological polar surface area (TPSA) is 131 Å². The fraction of sp³-hybridized carbons (Fsp3) is 0.414. The molecule has 0 unspecified atom stereocenters. The van der Waals surface area contributed by atoms with Crippen molar-refractivity contribution in [2.45, 2.75) is 63.3 Å². The number of anilines is 1. The molecule has 2 aliphatic rings. The summed E-state index contributed by atoms with van der Waals surface area (Å²) in [6.07, 6.45) is -5.82. The highest BCUT2D eigenvalue weighted by atomic mass is 19.4. The molecule has 43 heavy (non-hydrogen) atoms. The number of rotatable bonds is 6. The number of amides is 4. The van der Waals surface area contributed by atoms with Crippen molar-refractivity contribution in [1.82, 2.24) is 15.5 Å². The minimum Gasteiger partial charge on any atom is -0.342 e. The zero-order valence-electron chi connectivity index (χ0n) is 23.3. The molecular weight excluding hydrogens is 577 g/mol. The second-order valence-corrected chi connectivity index (χ2v) is 11.7. The molecule has 1 spiro atoms. The third-order valence-electron chi connectivity index (χ3n) is 7.57. The number of hydrogen-bond acceptors (Lipinski definition) is 5. The normalized spacial score (nSPS) is 21.0. The fourth-order valence-corrected chi connectivity index (χ4v) is 5.44. The van der Waals surface area contributed by atoms with Crippen molar-refractivity contribution in [1.29, 1.82) is 5.26 Å². The zero-order valence-corrected chi connectivity index (χ0v) is 23.3. The Labute approximate surface area is 243 Å². The van der Waals surface area contributed by atoms with E-state index in [1.165, 1.54) is 39.0 Å². The van der Waals surface area contributed by atoms with Crippen LogP contribution in [0, 0.1) is 28.4 Å². The van der Waals surface area contributed by atoms with E-state index in [9.17, 15) is 46.4 Å². The number of carbonyl (C=O) groups is 4. The van der Waals surface area contributed by atoms with Crippen molar-refractivity contribution >= 4 is 29.3 Å². The molecule has 0 saturated carbocycles.